The summed E-state index contributed by atoms with van der Waals surface area (Å²) in [5, 5.41) is 30.5. The molecule has 2 saturated carbocycles. The topological polar surface area (TPSA) is 60.7 Å². The molecule has 172 valence electrons. The molecule has 0 aromatic carbocycles. The van der Waals surface area contributed by atoms with Crippen LogP contribution in [0.25, 0.3) is 0 Å². The molecule has 0 aromatic rings. The third-order valence-corrected chi connectivity index (χ3v) is 8.42. The van der Waals surface area contributed by atoms with Gasteiger partial charge in [-0.1, -0.05) is 55.0 Å². The molecule has 0 heterocycles. The van der Waals surface area contributed by atoms with E-state index < -0.39 is 17.8 Å². The molecule has 0 spiro atoms. The third kappa shape index (κ3) is 5.84. The molecule has 0 radical (unpaired) electrons. The van der Waals surface area contributed by atoms with Gasteiger partial charge in [0.05, 0.1) is 17.8 Å². The summed E-state index contributed by atoms with van der Waals surface area (Å²) >= 11 is 1.94. The van der Waals surface area contributed by atoms with E-state index in [4.69, 9.17) is 0 Å². The summed E-state index contributed by atoms with van der Waals surface area (Å²) in [6.45, 7) is 12.4. The van der Waals surface area contributed by atoms with Crippen molar-refractivity contribution in [2.75, 3.05) is 5.75 Å². The number of allylic oxidation sites excluding steroid dienone is 4. The third-order valence-electron chi connectivity index (χ3n) is 7.28. The van der Waals surface area contributed by atoms with Crippen molar-refractivity contribution in [3.63, 3.8) is 0 Å². The number of rotatable bonds is 6. The largest absolute Gasteiger partial charge is 0.393 e. The normalized spacial score (nSPS) is 35.6. The molecule has 31 heavy (non-hydrogen) atoms. The Morgan fingerprint density at radius 2 is 2.06 bits per heavy atom. The molecule has 3 nitrogen and oxygen atoms in total. The van der Waals surface area contributed by atoms with Crippen molar-refractivity contribution in [3.8, 4) is 0 Å². The maximum atomic E-state index is 10.1. The van der Waals surface area contributed by atoms with E-state index in [9.17, 15) is 15.3 Å². The first kappa shape index (κ1) is 24.6. The summed E-state index contributed by atoms with van der Waals surface area (Å²) in [5.74, 6) is 1.44. The SMILES string of the molecule is C=C1C(=CC=C2CCC[C@]3(C)C([C@@H](C)SC/C=C/C(C)(C)O)=CC[C@@H]23)C[C@@H](O)C[C@@H]1O. The van der Waals surface area contributed by atoms with Crippen LogP contribution in [0.3, 0.4) is 0 Å². The van der Waals surface area contributed by atoms with E-state index in [1.54, 1.807) is 19.4 Å². The number of hydrogen-bond donors (Lipinski definition) is 3. The number of aliphatic hydroxyl groups is 3. The summed E-state index contributed by atoms with van der Waals surface area (Å²) in [6.07, 6.45) is 15.3. The fourth-order valence-electron chi connectivity index (χ4n) is 5.57. The Morgan fingerprint density at radius 1 is 1.32 bits per heavy atom. The van der Waals surface area contributed by atoms with E-state index in [0.29, 0.717) is 24.0 Å². The summed E-state index contributed by atoms with van der Waals surface area (Å²) in [6, 6.07) is 0. The Labute approximate surface area is 192 Å². The lowest BCUT2D eigenvalue weighted by molar-refractivity contribution is 0.0862. The summed E-state index contributed by atoms with van der Waals surface area (Å²) in [5.41, 5.74) is 4.27. The van der Waals surface area contributed by atoms with E-state index in [0.717, 1.165) is 29.7 Å². The standard InChI is InChI=1S/C27H40O3S/c1-18-21(16-22(28)17-25(18)29)10-9-20-8-6-14-27(5)23(11-12-24(20)27)19(2)31-15-7-13-26(3,4)30/h7,9-11,13,19,22,24-25,28-30H,1,6,8,12,14-17H2,2-5H3/b13-7+,20-9?,21-10?/t19-,22-,24+,25+,27-/m1/s1. The van der Waals surface area contributed by atoms with Crippen LogP contribution in [0.1, 0.15) is 66.2 Å². The quantitative estimate of drug-likeness (QED) is 0.474. The van der Waals surface area contributed by atoms with Gasteiger partial charge in [-0.3, -0.25) is 0 Å². The van der Waals surface area contributed by atoms with E-state index in [-0.39, 0.29) is 5.41 Å². The average molecular weight is 445 g/mol. The lowest BCUT2D eigenvalue weighted by Crippen LogP contribution is -2.33. The van der Waals surface area contributed by atoms with Gasteiger partial charge in [-0.25, -0.2) is 0 Å². The Balaban J connectivity index is 1.70. The Kier molecular flexibility index (Phi) is 7.79. The van der Waals surface area contributed by atoms with Crippen molar-refractivity contribution in [3.05, 3.63) is 59.3 Å². The zero-order valence-corrected chi connectivity index (χ0v) is 20.4. The molecule has 0 saturated heterocycles. The second kappa shape index (κ2) is 9.82. The van der Waals surface area contributed by atoms with Crippen molar-refractivity contribution >= 4 is 11.8 Å². The number of fused-ring (bicyclic) bond motifs is 1. The average Bonchev–Trinajstić information content (AvgIpc) is 3.03. The summed E-state index contributed by atoms with van der Waals surface area (Å²) in [7, 11) is 0. The van der Waals surface area contributed by atoms with Crippen LogP contribution in [-0.4, -0.2) is 44.1 Å². The van der Waals surface area contributed by atoms with Gasteiger partial charge in [-0.2, -0.15) is 11.8 Å². The van der Waals surface area contributed by atoms with Crippen molar-refractivity contribution in [2.24, 2.45) is 11.3 Å². The monoisotopic (exact) mass is 444 g/mol. The fourth-order valence-corrected chi connectivity index (χ4v) is 6.61. The van der Waals surface area contributed by atoms with Gasteiger partial charge in [-0.05, 0) is 75.4 Å². The molecule has 3 rings (SSSR count). The fraction of sp³-hybridized carbons (Fsp3) is 0.630. The van der Waals surface area contributed by atoms with Crippen molar-refractivity contribution in [1.29, 1.82) is 0 Å². The molecule has 3 N–H and O–H groups in total. The van der Waals surface area contributed by atoms with Crippen LogP contribution < -0.4 is 0 Å². The highest BCUT2D eigenvalue weighted by molar-refractivity contribution is 8.00. The molecule has 0 aliphatic heterocycles. The van der Waals surface area contributed by atoms with Gasteiger partial charge in [0, 0.05) is 17.4 Å². The number of thioether (sulfide) groups is 1. The molecule has 0 amide bonds. The van der Waals surface area contributed by atoms with Gasteiger partial charge in [0.25, 0.3) is 0 Å². The molecule has 0 aromatic heterocycles. The van der Waals surface area contributed by atoms with Gasteiger partial charge in [0.2, 0.25) is 0 Å². The minimum absolute atomic E-state index is 0.206. The molecular formula is C27H40O3S. The smallest absolute Gasteiger partial charge is 0.0811 e. The van der Waals surface area contributed by atoms with Gasteiger partial charge in [-0.15, -0.1) is 0 Å². The molecule has 0 bridgehead atoms. The maximum absolute atomic E-state index is 10.1. The predicted octanol–water partition coefficient (Wildman–Crippen LogP) is 5.50. The van der Waals surface area contributed by atoms with E-state index in [2.05, 4.69) is 44.7 Å². The van der Waals surface area contributed by atoms with Crippen LogP contribution in [0, 0.1) is 11.3 Å². The first-order chi connectivity index (χ1) is 14.5. The Bertz CT molecular complexity index is 798. The van der Waals surface area contributed by atoms with Gasteiger partial charge in [0.15, 0.2) is 0 Å². The highest BCUT2D eigenvalue weighted by Crippen LogP contribution is 2.56. The van der Waals surface area contributed by atoms with Gasteiger partial charge in [0.1, 0.15) is 0 Å². The van der Waals surface area contributed by atoms with Crippen LogP contribution in [0.5, 0.6) is 0 Å². The minimum atomic E-state index is -0.749. The van der Waals surface area contributed by atoms with Crippen molar-refractivity contribution in [2.45, 2.75) is 89.3 Å². The predicted molar refractivity (Wildman–Crippen MR) is 132 cm³/mol. The molecule has 3 aliphatic rings. The number of aliphatic hydroxyl groups excluding tert-OH is 2. The van der Waals surface area contributed by atoms with E-state index >= 15 is 0 Å². The Hall–Kier alpha value is -1.07. The zero-order valence-electron chi connectivity index (χ0n) is 19.6. The zero-order chi connectivity index (χ0) is 22.8. The molecule has 4 heteroatoms. The van der Waals surface area contributed by atoms with Crippen LogP contribution in [-0.2, 0) is 0 Å². The molecule has 0 unspecified atom stereocenters. The van der Waals surface area contributed by atoms with Crippen molar-refractivity contribution < 1.29 is 15.3 Å². The van der Waals surface area contributed by atoms with Crippen molar-refractivity contribution in [1.82, 2.24) is 0 Å². The van der Waals surface area contributed by atoms with Crippen LogP contribution in [0.2, 0.25) is 0 Å². The molecular weight excluding hydrogens is 404 g/mol. The molecule has 3 aliphatic carbocycles. The Morgan fingerprint density at radius 3 is 2.77 bits per heavy atom. The highest BCUT2D eigenvalue weighted by atomic mass is 32.2. The van der Waals surface area contributed by atoms with Crippen LogP contribution >= 0.6 is 11.8 Å². The molecule has 2 fully saturated rings. The minimum Gasteiger partial charge on any atom is -0.393 e. The highest BCUT2D eigenvalue weighted by Gasteiger charge is 2.46. The lowest BCUT2D eigenvalue weighted by Gasteiger charge is -2.42. The summed E-state index contributed by atoms with van der Waals surface area (Å²) in [4.78, 5) is 0. The maximum Gasteiger partial charge on any atom is 0.0811 e. The van der Waals surface area contributed by atoms with Gasteiger partial charge >= 0.3 is 0 Å². The van der Waals surface area contributed by atoms with E-state index in [1.165, 1.54) is 18.4 Å². The van der Waals surface area contributed by atoms with Crippen LogP contribution in [0.15, 0.2) is 59.3 Å². The van der Waals surface area contributed by atoms with Gasteiger partial charge < -0.3 is 15.3 Å². The first-order valence-electron chi connectivity index (χ1n) is 11.7. The second-order valence-electron chi connectivity index (χ2n) is 10.3. The lowest BCUT2D eigenvalue weighted by atomic mass is 9.64. The summed E-state index contributed by atoms with van der Waals surface area (Å²) < 4.78 is 0. The number of hydrogen-bond acceptors (Lipinski definition) is 4. The second-order valence-corrected chi connectivity index (χ2v) is 11.7. The van der Waals surface area contributed by atoms with Crippen LogP contribution in [0.4, 0.5) is 0 Å². The first-order valence-corrected chi connectivity index (χ1v) is 12.7. The van der Waals surface area contributed by atoms with E-state index in [1.807, 2.05) is 17.8 Å². The molecule has 5 atom stereocenters.